The van der Waals surface area contributed by atoms with E-state index in [-0.39, 0.29) is 5.97 Å². The molecule has 3 nitrogen and oxygen atoms in total. The van der Waals surface area contributed by atoms with Crippen LogP contribution in [0.15, 0.2) is 0 Å². The van der Waals surface area contributed by atoms with Crippen LogP contribution >= 0.6 is 0 Å². The monoisotopic (exact) mass is 243 g/mol. The van der Waals surface area contributed by atoms with E-state index in [0.29, 0.717) is 13.0 Å². The number of rotatable bonds is 5. The lowest BCUT2D eigenvalue weighted by atomic mass is 9.99. The summed E-state index contributed by atoms with van der Waals surface area (Å²) in [6.07, 6.45) is 4.12. The fourth-order valence-corrected chi connectivity index (χ4v) is 1.97. The maximum absolute atomic E-state index is 11.1. The summed E-state index contributed by atoms with van der Waals surface area (Å²) in [5.74, 6) is 0.828. The Bertz CT molecular complexity index is 187. The third-order valence-electron chi connectivity index (χ3n) is 3.04. The van der Waals surface area contributed by atoms with E-state index in [1.54, 1.807) is 0 Å². The third-order valence-corrected chi connectivity index (χ3v) is 3.04. The fraction of sp³-hybridized carbons (Fsp3) is 0.929. The Balaban J connectivity index is 0.00000121. The van der Waals surface area contributed by atoms with Crippen LogP contribution in [-0.4, -0.2) is 37.1 Å². The molecule has 0 radical (unpaired) electrons. The molecule has 0 aromatic carbocycles. The van der Waals surface area contributed by atoms with Gasteiger partial charge >= 0.3 is 5.97 Å². The van der Waals surface area contributed by atoms with Crippen molar-refractivity contribution >= 4 is 5.97 Å². The average molecular weight is 243 g/mol. The highest BCUT2D eigenvalue weighted by atomic mass is 16.5. The zero-order valence-corrected chi connectivity index (χ0v) is 12.0. The lowest BCUT2D eigenvalue weighted by Gasteiger charge is -2.29. The van der Waals surface area contributed by atoms with Gasteiger partial charge in [0.05, 0.1) is 6.61 Å². The molecule has 0 unspecified atom stereocenters. The maximum Gasteiger partial charge on any atom is 0.305 e. The van der Waals surface area contributed by atoms with Gasteiger partial charge in [-0.1, -0.05) is 20.8 Å². The van der Waals surface area contributed by atoms with E-state index in [0.717, 1.165) is 18.9 Å². The molecule has 0 saturated carbocycles. The quantitative estimate of drug-likeness (QED) is 0.695. The van der Waals surface area contributed by atoms with Gasteiger partial charge in [0.15, 0.2) is 0 Å². The van der Waals surface area contributed by atoms with E-state index < -0.39 is 0 Å². The summed E-state index contributed by atoms with van der Waals surface area (Å²) in [4.78, 5) is 13.6. The van der Waals surface area contributed by atoms with Crippen molar-refractivity contribution in [2.24, 2.45) is 5.92 Å². The molecule has 0 aliphatic carbocycles. The second-order valence-electron chi connectivity index (χ2n) is 4.43. The molecule has 3 heteroatoms. The van der Waals surface area contributed by atoms with Crippen molar-refractivity contribution in [2.45, 2.75) is 53.4 Å². The number of piperidine rings is 1. The molecule has 1 heterocycles. The molecule has 0 spiro atoms. The largest absolute Gasteiger partial charge is 0.466 e. The summed E-state index contributed by atoms with van der Waals surface area (Å²) in [6, 6.07) is 0. The summed E-state index contributed by atoms with van der Waals surface area (Å²) in [5.41, 5.74) is 0. The average Bonchev–Trinajstić information content (AvgIpc) is 2.35. The van der Waals surface area contributed by atoms with E-state index >= 15 is 0 Å². The van der Waals surface area contributed by atoms with Gasteiger partial charge in [0, 0.05) is 6.42 Å². The molecule has 0 aromatic rings. The Morgan fingerprint density at radius 2 is 1.88 bits per heavy atom. The Morgan fingerprint density at radius 3 is 2.41 bits per heavy atom. The van der Waals surface area contributed by atoms with Crippen molar-refractivity contribution in [1.82, 2.24) is 4.90 Å². The molecular formula is C14H29NO2. The van der Waals surface area contributed by atoms with Gasteiger partial charge in [-0.05, 0) is 51.7 Å². The SMILES string of the molecule is CC.CCOC(=O)CCCN1CCC(C)CC1. The van der Waals surface area contributed by atoms with E-state index in [1.807, 2.05) is 20.8 Å². The van der Waals surface area contributed by atoms with Gasteiger partial charge in [0.2, 0.25) is 0 Å². The van der Waals surface area contributed by atoms with Gasteiger partial charge in [-0.3, -0.25) is 4.79 Å². The van der Waals surface area contributed by atoms with Gasteiger partial charge < -0.3 is 9.64 Å². The minimum atomic E-state index is -0.0529. The smallest absolute Gasteiger partial charge is 0.305 e. The molecule has 1 rings (SSSR count). The van der Waals surface area contributed by atoms with Gasteiger partial charge in [-0.2, -0.15) is 0 Å². The molecule has 0 aromatic heterocycles. The number of hydrogen-bond donors (Lipinski definition) is 0. The molecular weight excluding hydrogens is 214 g/mol. The topological polar surface area (TPSA) is 29.5 Å². The second-order valence-corrected chi connectivity index (χ2v) is 4.43. The van der Waals surface area contributed by atoms with Crippen LogP contribution < -0.4 is 0 Å². The Labute approximate surface area is 107 Å². The molecule has 1 saturated heterocycles. The van der Waals surface area contributed by atoms with Gasteiger partial charge in [0.1, 0.15) is 0 Å². The number of likely N-dealkylation sites (tertiary alicyclic amines) is 1. The molecule has 17 heavy (non-hydrogen) atoms. The lowest BCUT2D eigenvalue weighted by molar-refractivity contribution is -0.143. The minimum Gasteiger partial charge on any atom is -0.466 e. The molecule has 0 amide bonds. The highest BCUT2D eigenvalue weighted by Gasteiger charge is 2.15. The zero-order chi connectivity index (χ0) is 13.1. The summed E-state index contributed by atoms with van der Waals surface area (Å²) in [6.45, 7) is 12.1. The van der Waals surface area contributed by atoms with Crippen molar-refractivity contribution in [3.63, 3.8) is 0 Å². The lowest BCUT2D eigenvalue weighted by Crippen LogP contribution is -2.33. The molecule has 1 fully saturated rings. The Kier molecular flexibility index (Phi) is 10.2. The van der Waals surface area contributed by atoms with Crippen molar-refractivity contribution < 1.29 is 9.53 Å². The van der Waals surface area contributed by atoms with Crippen molar-refractivity contribution in [3.8, 4) is 0 Å². The fourth-order valence-electron chi connectivity index (χ4n) is 1.97. The van der Waals surface area contributed by atoms with Crippen molar-refractivity contribution in [1.29, 1.82) is 0 Å². The molecule has 1 aliphatic rings. The molecule has 0 N–H and O–H groups in total. The highest BCUT2D eigenvalue weighted by molar-refractivity contribution is 5.69. The van der Waals surface area contributed by atoms with Crippen LogP contribution in [-0.2, 0) is 9.53 Å². The van der Waals surface area contributed by atoms with Crippen LogP contribution in [0.25, 0.3) is 0 Å². The number of nitrogens with zero attached hydrogens (tertiary/aromatic N) is 1. The van der Waals surface area contributed by atoms with Crippen molar-refractivity contribution in [3.05, 3.63) is 0 Å². The van der Waals surface area contributed by atoms with Crippen LogP contribution in [0.1, 0.15) is 53.4 Å². The van der Waals surface area contributed by atoms with Gasteiger partial charge in [-0.25, -0.2) is 0 Å². The first-order chi connectivity index (χ1) is 8.22. The maximum atomic E-state index is 11.1. The number of ether oxygens (including phenoxy) is 1. The Hall–Kier alpha value is -0.570. The third kappa shape index (κ3) is 8.19. The van der Waals surface area contributed by atoms with E-state index in [2.05, 4.69) is 11.8 Å². The number of carbonyl (C=O) groups excluding carboxylic acids is 1. The molecule has 1 aliphatic heterocycles. The first kappa shape index (κ1) is 16.4. The molecule has 0 atom stereocenters. The summed E-state index contributed by atoms with van der Waals surface area (Å²) >= 11 is 0. The summed E-state index contributed by atoms with van der Waals surface area (Å²) in [5, 5.41) is 0. The zero-order valence-electron chi connectivity index (χ0n) is 12.0. The van der Waals surface area contributed by atoms with Crippen LogP contribution in [0, 0.1) is 5.92 Å². The molecule has 102 valence electrons. The van der Waals surface area contributed by atoms with Crippen LogP contribution in [0.2, 0.25) is 0 Å². The van der Waals surface area contributed by atoms with Crippen molar-refractivity contribution in [2.75, 3.05) is 26.2 Å². The van der Waals surface area contributed by atoms with E-state index in [1.165, 1.54) is 25.9 Å². The van der Waals surface area contributed by atoms with E-state index in [9.17, 15) is 4.79 Å². The first-order valence-electron chi connectivity index (χ1n) is 7.10. The predicted octanol–water partition coefficient (Wildman–Crippen LogP) is 3.09. The van der Waals surface area contributed by atoms with Crippen LogP contribution in [0.5, 0.6) is 0 Å². The highest BCUT2D eigenvalue weighted by Crippen LogP contribution is 2.16. The predicted molar refractivity (Wildman–Crippen MR) is 72.1 cm³/mol. The minimum absolute atomic E-state index is 0.0529. The number of carbonyl (C=O) groups is 1. The standard InChI is InChI=1S/C12H23NO2.C2H6/c1-3-15-12(14)5-4-8-13-9-6-11(2)7-10-13;1-2/h11H,3-10H2,1-2H3;1-2H3. The summed E-state index contributed by atoms with van der Waals surface area (Å²) < 4.78 is 4.89. The normalized spacial score (nSPS) is 17.2. The first-order valence-corrected chi connectivity index (χ1v) is 7.10. The summed E-state index contributed by atoms with van der Waals surface area (Å²) in [7, 11) is 0. The van der Waals surface area contributed by atoms with E-state index in [4.69, 9.17) is 4.74 Å². The van der Waals surface area contributed by atoms with Gasteiger partial charge in [-0.15, -0.1) is 0 Å². The van der Waals surface area contributed by atoms with Crippen LogP contribution in [0.4, 0.5) is 0 Å². The second kappa shape index (κ2) is 10.6. The number of esters is 1. The van der Waals surface area contributed by atoms with Gasteiger partial charge in [0.25, 0.3) is 0 Å². The molecule has 0 bridgehead atoms. The number of hydrogen-bond acceptors (Lipinski definition) is 3. The van der Waals surface area contributed by atoms with Crippen LogP contribution in [0.3, 0.4) is 0 Å². The Morgan fingerprint density at radius 1 is 1.29 bits per heavy atom.